The van der Waals surface area contributed by atoms with Crippen molar-refractivity contribution in [3.63, 3.8) is 0 Å². The fraction of sp³-hybridized carbons (Fsp3) is 0.238. The first-order valence-corrected chi connectivity index (χ1v) is 9.63. The number of rotatable bonds is 6. The maximum Gasteiger partial charge on any atom is 0.412 e. The van der Waals surface area contributed by atoms with Gasteiger partial charge < -0.3 is 4.74 Å². The molecule has 8 nitrogen and oxygen atoms in total. The van der Waals surface area contributed by atoms with E-state index in [1.165, 1.54) is 12.1 Å². The number of ether oxygens (including phenoxy) is 1. The molecule has 3 aromatic heterocycles. The predicted octanol–water partition coefficient (Wildman–Crippen LogP) is 4.28. The highest BCUT2D eigenvalue weighted by atomic mass is 19.1. The fourth-order valence-electron chi connectivity index (χ4n) is 3.03. The number of fused-ring (bicyclic) bond motifs is 1. The first-order chi connectivity index (χ1) is 14.5. The number of aromatic nitrogens is 5. The molecule has 0 aliphatic rings. The van der Waals surface area contributed by atoms with Gasteiger partial charge in [-0.2, -0.15) is 10.2 Å². The van der Waals surface area contributed by atoms with E-state index < -0.39 is 6.09 Å². The lowest BCUT2D eigenvalue weighted by molar-refractivity contribution is 0.160. The highest BCUT2D eigenvalue weighted by molar-refractivity contribution is 5.84. The number of unbranched alkanes of at least 4 members (excludes halogenated alkanes) is 1. The summed E-state index contributed by atoms with van der Waals surface area (Å²) in [5.41, 5.74) is 3.53. The predicted molar refractivity (Wildman–Crippen MR) is 110 cm³/mol. The minimum atomic E-state index is -0.544. The van der Waals surface area contributed by atoms with Gasteiger partial charge in [0.1, 0.15) is 11.5 Å². The van der Waals surface area contributed by atoms with Crippen LogP contribution in [0, 0.1) is 5.82 Å². The van der Waals surface area contributed by atoms with Crippen LogP contribution in [0.25, 0.3) is 28.2 Å². The number of hydrogen-bond donors (Lipinski definition) is 1. The van der Waals surface area contributed by atoms with Gasteiger partial charge in [0.05, 0.1) is 18.5 Å². The van der Waals surface area contributed by atoms with Crippen molar-refractivity contribution in [2.75, 3.05) is 11.9 Å². The molecule has 154 valence electrons. The van der Waals surface area contributed by atoms with E-state index in [0.29, 0.717) is 29.5 Å². The Morgan fingerprint density at radius 1 is 1.13 bits per heavy atom. The summed E-state index contributed by atoms with van der Waals surface area (Å²) in [5, 5.41) is 11.7. The zero-order chi connectivity index (χ0) is 21.1. The Bertz CT molecular complexity index is 1180. The summed E-state index contributed by atoms with van der Waals surface area (Å²) in [7, 11) is 1.82. The van der Waals surface area contributed by atoms with Crippen LogP contribution in [-0.4, -0.2) is 37.1 Å². The summed E-state index contributed by atoms with van der Waals surface area (Å²) >= 11 is 0. The van der Waals surface area contributed by atoms with E-state index >= 15 is 0 Å². The summed E-state index contributed by atoms with van der Waals surface area (Å²) < 4.78 is 21.7. The van der Waals surface area contributed by atoms with E-state index in [2.05, 4.69) is 20.5 Å². The largest absolute Gasteiger partial charge is 0.449 e. The van der Waals surface area contributed by atoms with Crippen LogP contribution in [0.3, 0.4) is 0 Å². The average Bonchev–Trinajstić information content (AvgIpc) is 3.30. The molecule has 0 aliphatic heterocycles. The summed E-state index contributed by atoms with van der Waals surface area (Å²) in [6.07, 6.45) is 4.69. The second-order valence-corrected chi connectivity index (χ2v) is 6.83. The van der Waals surface area contributed by atoms with Gasteiger partial charge in [-0.05, 0) is 42.8 Å². The van der Waals surface area contributed by atoms with Gasteiger partial charge in [0.25, 0.3) is 0 Å². The molecule has 0 aliphatic carbocycles. The number of hydrogen-bond acceptors (Lipinski definition) is 5. The first kappa shape index (κ1) is 19.6. The summed E-state index contributed by atoms with van der Waals surface area (Å²) in [4.78, 5) is 16.2. The smallest absolute Gasteiger partial charge is 0.412 e. The van der Waals surface area contributed by atoms with Crippen molar-refractivity contribution >= 4 is 17.6 Å². The molecule has 30 heavy (non-hydrogen) atoms. The number of nitrogens with one attached hydrogen (secondary N) is 1. The lowest BCUT2D eigenvalue weighted by Gasteiger charge is -2.03. The fourth-order valence-corrected chi connectivity index (χ4v) is 3.03. The second-order valence-electron chi connectivity index (χ2n) is 6.83. The van der Waals surface area contributed by atoms with Gasteiger partial charge in [0, 0.05) is 24.4 Å². The lowest BCUT2D eigenvalue weighted by atomic mass is 10.1. The van der Waals surface area contributed by atoms with Crippen LogP contribution in [-0.2, 0) is 11.8 Å². The molecule has 1 amide bonds. The van der Waals surface area contributed by atoms with Crippen molar-refractivity contribution in [3.05, 3.63) is 54.6 Å². The highest BCUT2D eigenvalue weighted by Gasteiger charge is 2.15. The van der Waals surface area contributed by atoms with Crippen LogP contribution in [0.4, 0.5) is 15.0 Å². The molecule has 0 fully saturated rings. The Balaban J connectivity index is 1.62. The average molecular weight is 408 g/mol. The molecule has 3 heterocycles. The number of carbonyl (C=O) groups excluding carboxylic acids is 1. The van der Waals surface area contributed by atoms with Crippen molar-refractivity contribution < 1.29 is 13.9 Å². The van der Waals surface area contributed by atoms with Crippen LogP contribution < -0.4 is 5.32 Å². The molecule has 0 bridgehead atoms. The van der Waals surface area contributed by atoms with Crippen LogP contribution >= 0.6 is 0 Å². The number of halogens is 1. The molecule has 4 aromatic rings. The SMILES string of the molecule is CCCCOC(=O)Nc1cn2nc(-c3cn(C)nc3-c3ccc(F)cc3)ccc2n1. The van der Waals surface area contributed by atoms with Crippen molar-refractivity contribution in [2.24, 2.45) is 7.05 Å². The normalized spacial score (nSPS) is 11.0. The Kier molecular flexibility index (Phi) is 5.42. The van der Waals surface area contributed by atoms with Gasteiger partial charge in [0.2, 0.25) is 0 Å². The number of amides is 1. The molecule has 1 aromatic carbocycles. The highest BCUT2D eigenvalue weighted by Crippen LogP contribution is 2.30. The van der Waals surface area contributed by atoms with Gasteiger partial charge in [-0.25, -0.2) is 18.7 Å². The summed E-state index contributed by atoms with van der Waals surface area (Å²) in [5.74, 6) is 0.0496. The molecular weight excluding hydrogens is 387 g/mol. The second kappa shape index (κ2) is 8.32. The van der Waals surface area contributed by atoms with Crippen molar-refractivity contribution in [1.29, 1.82) is 0 Å². The zero-order valence-electron chi connectivity index (χ0n) is 16.7. The Hall–Kier alpha value is -3.75. The monoisotopic (exact) mass is 408 g/mol. The van der Waals surface area contributed by atoms with Gasteiger partial charge in [-0.3, -0.25) is 10.00 Å². The molecule has 0 radical (unpaired) electrons. The van der Waals surface area contributed by atoms with Crippen LogP contribution in [0.2, 0.25) is 0 Å². The molecule has 0 unspecified atom stereocenters. The van der Waals surface area contributed by atoms with Crippen LogP contribution in [0.15, 0.2) is 48.8 Å². The molecule has 4 rings (SSSR count). The third-order valence-corrected chi connectivity index (χ3v) is 4.50. The third kappa shape index (κ3) is 4.14. The van der Waals surface area contributed by atoms with Gasteiger partial charge >= 0.3 is 6.09 Å². The van der Waals surface area contributed by atoms with Crippen molar-refractivity contribution in [1.82, 2.24) is 24.4 Å². The van der Waals surface area contributed by atoms with E-state index in [1.54, 1.807) is 33.6 Å². The van der Waals surface area contributed by atoms with E-state index in [0.717, 1.165) is 24.0 Å². The van der Waals surface area contributed by atoms with Crippen molar-refractivity contribution in [2.45, 2.75) is 19.8 Å². The minimum absolute atomic E-state index is 0.303. The number of carbonyl (C=O) groups is 1. The quantitative estimate of drug-likeness (QED) is 0.481. The number of nitrogens with zero attached hydrogens (tertiary/aromatic N) is 5. The molecule has 0 saturated heterocycles. The number of imidazole rings is 1. The molecule has 0 spiro atoms. The van der Waals surface area contributed by atoms with E-state index in [9.17, 15) is 9.18 Å². The standard InChI is InChI=1S/C21H21FN6O2/c1-3-4-11-30-21(29)24-18-13-28-19(23-18)10-9-17(25-28)16-12-27(2)26-20(16)14-5-7-15(22)8-6-14/h5-10,12-13H,3-4,11H2,1-2H3,(H,24,29). The Morgan fingerprint density at radius 2 is 1.93 bits per heavy atom. The van der Waals surface area contributed by atoms with E-state index in [-0.39, 0.29) is 5.82 Å². The topological polar surface area (TPSA) is 86.3 Å². The van der Waals surface area contributed by atoms with Gasteiger partial charge in [-0.15, -0.1) is 0 Å². The first-order valence-electron chi connectivity index (χ1n) is 9.63. The van der Waals surface area contributed by atoms with Crippen LogP contribution in [0.5, 0.6) is 0 Å². The maximum absolute atomic E-state index is 13.3. The van der Waals surface area contributed by atoms with Crippen LogP contribution in [0.1, 0.15) is 19.8 Å². The Labute approximate surface area is 172 Å². The molecule has 1 N–H and O–H groups in total. The zero-order valence-corrected chi connectivity index (χ0v) is 16.7. The summed E-state index contributed by atoms with van der Waals surface area (Å²) in [6.45, 7) is 2.39. The summed E-state index contributed by atoms with van der Waals surface area (Å²) in [6, 6.07) is 9.80. The number of aryl methyl sites for hydroxylation is 1. The third-order valence-electron chi connectivity index (χ3n) is 4.50. The molecule has 0 atom stereocenters. The number of anilines is 1. The molecule has 9 heteroatoms. The van der Waals surface area contributed by atoms with Gasteiger partial charge in [-0.1, -0.05) is 13.3 Å². The lowest BCUT2D eigenvalue weighted by Crippen LogP contribution is -2.14. The molecular formula is C21H21FN6O2. The molecule has 0 saturated carbocycles. The maximum atomic E-state index is 13.3. The van der Waals surface area contributed by atoms with Crippen molar-refractivity contribution in [3.8, 4) is 22.5 Å². The minimum Gasteiger partial charge on any atom is -0.449 e. The van der Waals surface area contributed by atoms with Gasteiger partial charge in [0.15, 0.2) is 11.5 Å². The van der Waals surface area contributed by atoms with E-state index in [1.807, 2.05) is 26.2 Å². The number of benzene rings is 1. The van der Waals surface area contributed by atoms with E-state index in [4.69, 9.17) is 4.74 Å². The Morgan fingerprint density at radius 3 is 2.70 bits per heavy atom.